The average molecular weight is 184 g/mol. The van der Waals surface area contributed by atoms with Gasteiger partial charge in [0.05, 0.1) is 7.11 Å². The standard InChI is InChI=1S/C9H16N2O2/c1-10-4-3-7-5-11(6-8(7)10)9(12)13-2/h7-8H,3-6H2,1-2H3. The third-order valence-corrected chi connectivity index (χ3v) is 3.26. The van der Waals surface area contributed by atoms with E-state index in [0.717, 1.165) is 13.1 Å². The summed E-state index contributed by atoms with van der Waals surface area (Å²) in [5, 5.41) is 0. The lowest BCUT2D eigenvalue weighted by atomic mass is 10.1. The van der Waals surface area contributed by atoms with Crippen LogP contribution in [0.4, 0.5) is 4.79 Å². The third-order valence-electron chi connectivity index (χ3n) is 3.26. The number of amides is 1. The van der Waals surface area contributed by atoms with E-state index < -0.39 is 0 Å². The molecule has 0 aromatic rings. The van der Waals surface area contributed by atoms with Crippen LogP contribution >= 0.6 is 0 Å². The van der Waals surface area contributed by atoms with Gasteiger partial charge in [0.15, 0.2) is 0 Å². The predicted molar refractivity (Wildman–Crippen MR) is 48.5 cm³/mol. The number of nitrogens with zero attached hydrogens (tertiary/aromatic N) is 2. The Kier molecular flexibility index (Phi) is 2.15. The average Bonchev–Trinajstić information content (AvgIpc) is 2.67. The number of carbonyl (C=O) groups is 1. The zero-order valence-corrected chi connectivity index (χ0v) is 8.19. The van der Waals surface area contributed by atoms with Crippen molar-refractivity contribution in [3.8, 4) is 0 Å². The van der Waals surface area contributed by atoms with Crippen molar-refractivity contribution in [2.24, 2.45) is 5.92 Å². The third kappa shape index (κ3) is 1.39. The van der Waals surface area contributed by atoms with Crippen LogP contribution in [0.2, 0.25) is 0 Å². The molecule has 0 saturated carbocycles. The van der Waals surface area contributed by atoms with E-state index in [-0.39, 0.29) is 6.09 Å². The summed E-state index contributed by atoms with van der Waals surface area (Å²) < 4.78 is 4.70. The van der Waals surface area contributed by atoms with Crippen LogP contribution < -0.4 is 0 Å². The van der Waals surface area contributed by atoms with E-state index in [0.29, 0.717) is 12.0 Å². The number of likely N-dealkylation sites (N-methyl/N-ethyl adjacent to an activating group) is 1. The number of rotatable bonds is 0. The summed E-state index contributed by atoms with van der Waals surface area (Å²) in [4.78, 5) is 15.4. The molecule has 2 aliphatic rings. The molecule has 0 aliphatic carbocycles. The van der Waals surface area contributed by atoms with Gasteiger partial charge in [-0.15, -0.1) is 0 Å². The monoisotopic (exact) mass is 184 g/mol. The van der Waals surface area contributed by atoms with Crippen LogP contribution in [-0.4, -0.2) is 55.7 Å². The molecule has 2 unspecified atom stereocenters. The number of fused-ring (bicyclic) bond motifs is 1. The number of hydrogen-bond donors (Lipinski definition) is 0. The maximum Gasteiger partial charge on any atom is 0.409 e. The van der Waals surface area contributed by atoms with Crippen LogP contribution in [0.3, 0.4) is 0 Å². The van der Waals surface area contributed by atoms with Crippen LogP contribution in [0.1, 0.15) is 6.42 Å². The van der Waals surface area contributed by atoms with Crippen molar-refractivity contribution in [3.63, 3.8) is 0 Å². The second-order valence-corrected chi connectivity index (χ2v) is 3.97. The quantitative estimate of drug-likeness (QED) is 0.546. The second-order valence-electron chi connectivity index (χ2n) is 3.97. The number of ether oxygens (including phenoxy) is 1. The van der Waals surface area contributed by atoms with Gasteiger partial charge in [-0.3, -0.25) is 0 Å². The SMILES string of the molecule is COC(=O)N1CC2CCN(C)C2C1. The fourth-order valence-electron chi connectivity index (χ4n) is 2.45. The first-order valence-corrected chi connectivity index (χ1v) is 4.75. The molecule has 2 fully saturated rings. The zero-order chi connectivity index (χ0) is 9.42. The molecule has 2 saturated heterocycles. The molecule has 0 N–H and O–H groups in total. The molecule has 0 radical (unpaired) electrons. The Bertz CT molecular complexity index is 220. The van der Waals surface area contributed by atoms with Crippen molar-refractivity contribution in [1.29, 1.82) is 0 Å². The van der Waals surface area contributed by atoms with Gasteiger partial charge in [0.1, 0.15) is 0 Å². The molecule has 0 aromatic heterocycles. The minimum absolute atomic E-state index is 0.178. The van der Waals surface area contributed by atoms with E-state index in [1.807, 2.05) is 4.90 Å². The molecule has 2 atom stereocenters. The summed E-state index contributed by atoms with van der Waals surface area (Å²) >= 11 is 0. The Morgan fingerprint density at radius 1 is 1.46 bits per heavy atom. The summed E-state index contributed by atoms with van der Waals surface area (Å²) in [6.45, 7) is 2.89. The highest BCUT2D eigenvalue weighted by atomic mass is 16.5. The van der Waals surface area contributed by atoms with Crippen LogP contribution in [0, 0.1) is 5.92 Å². The fraction of sp³-hybridized carbons (Fsp3) is 0.889. The lowest BCUT2D eigenvalue weighted by Gasteiger charge is -2.19. The molecule has 4 heteroatoms. The number of carbonyl (C=O) groups excluding carboxylic acids is 1. The van der Waals surface area contributed by atoms with Crippen molar-refractivity contribution in [2.45, 2.75) is 12.5 Å². The van der Waals surface area contributed by atoms with Gasteiger partial charge in [0.2, 0.25) is 0 Å². The van der Waals surface area contributed by atoms with Crippen LogP contribution in [-0.2, 0) is 4.74 Å². The van der Waals surface area contributed by atoms with Crippen LogP contribution in [0.25, 0.3) is 0 Å². The molecule has 2 aliphatic heterocycles. The first-order chi connectivity index (χ1) is 6.22. The Morgan fingerprint density at radius 3 is 2.85 bits per heavy atom. The topological polar surface area (TPSA) is 32.8 Å². The maximum absolute atomic E-state index is 11.2. The molecule has 2 heterocycles. The van der Waals surface area contributed by atoms with Crippen molar-refractivity contribution >= 4 is 6.09 Å². The minimum atomic E-state index is -0.178. The number of likely N-dealkylation sites (tertiary alicyclic amines) is 2. The molecule has 0 spiro atoms. The molecule has 2 rings (SSSR count). The van der Waals surface area contributed by atoms with Crippen molar-refractivity contribution in [1.82, 2.24) is 9.80 Å². The first-order valence-electron chi connectivity index (χ1n) is 4.75. The first kappa shape index (κ1) is 8.81. The Morgan fingerprint density at radius 2 is 2.23 bits per heavy atom. The number of methoxy groups -OCH3 is 1. The highest BCUT2D eigenvalue weighted by Crippen LogP contribution is 2.30. The molecular weight excluding hydrogens is 168 g/mol. The van der Waals surface area contributed by atoms with Crippen LogP contribution in [0.5, 0.6) is 0 Å². The largest absolute Gasteiger partial charge is 0.453 e. The molecular formula is C9H16N2O2. The van der Waals surface area contributed by atoms with E-state index in [4.69, 9.17) is 4.74 Å². The summed E-state index contributed by atoms with van der Waals surface area (Å²) in [5.41, 5.74) is 0. The van der Waals surface area contributed by atoms with E-state index in [1.165, 1.54) is 20.1 Å². The van der Waals surface area contributed by atoms with E-state index >= 15 is 0 Å². The van der Waals surface area contributed by atoms with Crippen molar-refractivity contribution < 1.29 is 9.53 Å². The van der Waals surface area contributed by atoms with Gasteiger partial charge in [0, 0.05) is 19.1 Å². The summed E-state index contributed by atoms with van der Waals surface area (Å²) in [5.74, 6) is 0.670. The van der Waals surface area contributed by atoms with Gasteiger partial charge in [-0.1, -0.05) is 0 Å². The zero-order valence-electron chi connectivity index (χ0n) is 8.19. The van der Waals surface area contributed by atoms with E-state index in [1.54, 1.807) is 0 Å². The van der Waals surface area contributed by atoms with Gasteiger partial charge in [-0.2, -0.15) is 0 Å². The smallest absolute Gasteiger partial charge is 0.409 e. The lowest BCUT2D eigenvalue weighted by molar-refractivity contribution is 0.127. The summed E-state index contributed by atoms with van der Waals surface area (Å²) in [6.07, 6.45) is 1.04. The number of hydrogen-bond acceptors (Lipinski definition) is 3. The van der Waals surface area contributed by atoms with Crippen molar-refractivity contribution in [3.05, 3.63) is 0 Å². The fourth-order valence-corrected chi connectivity index (χ4v) is 2.45. The molecule has 1 amide bonds. The molecule has 0 bridgehead atoms. The van der Waals surface area contributed by atoms with Crippen LogP contribution in [0.15, 0.2) is 0 Å². The molecule has 4 nitrogen and oxygen atoms in total. The van der Waals surface area contributed by atoms with Crippen molar-refractivity contribution in [2.75, 3.05) is 33.8 Å². The Labute approximate surface area is 78.4 Å². The lowest BCUT2D eigenvalue weighted by Crippen LogP contribution is -2.34. The van der Waals surface area contributed by atoms with Gasteiger partial charge < -0.3 is 14.5 Å². The summed E-state index contributed by atoms with van der Waals surface area (Å²) in [6, 6.07) is 0.569. The highest BCUT2D eigenvalue weighted by molar-refractivity contribution is 5.68. The maximum atomic E-state index is 11.2. The second kappa shape index (κ2) is 3.18. The molecule has 74 valence electrons. The van der Waals surface area contributed by atoms with Gasteiger partial charge >= 0.3 is 6.09 Å². The summed E-state index contributed by atoms with van der Waals surface area (Å²) in [7, 11) is 3.57. The Hall–Kier alpha value is -0.770. The van der Waals surface area contributed by atoms with E-state index in [9.17, 15) is 4.79 Å². The Balaban J connectivity index is 1.98. The van der Waals surface area contributed by atoms with E-state index in [2.05, 4.69) is 11.9 Å². The highest BCUT2D eigenvalue weighted by Gasteiger charge is 2.41. The molecule has 0 aromatic carbocycles. The van der Waals surface area contributed by atoms with Gasteiger partial charge in [-0.05, 0) is 25.9 Å². The molecule has 13 heavy (non-hydrogen) atoms. The predicted octanol–water partition coefficient (Wildman–Crippen LogP) is 0.389. The minimum Gasteiger partial charge on any atom is -0.453 e. The van der Waals surface area contributed by atoms with Gasteiger partial charge in [0.25, 0.3) is 0 Å². The normalized spacial score (nSPS) is 33.5. The van der Waals surface area contributed by atoms with Gasteiger partial charge in [-0.25, -0.2) is 4.79 Å².